The first-order valence-corrected chi connectivity index (χ1v) is 12.1. The third-order valence-electron chi connectivity index (χ3n) is 5.32. The van der Waals surface area contributed by atoms with E-state index in [1.54, 1.807) is 35.4 Å². The number of carbonyl (C=O) groups is 1. The highest BCUT2D eigenvalue weighted by Crippen LogP contribution is 2.38. The Labute approximate surface area is 204 Å². The van der Waals surface area contributed by atoms with Crippen molar-refractivity contribution in [3.05, 3.63) is 90.1 Å². The molecule has 2 heterocycles. The lowest BCUT2D eigenvalue weighted by atomic mass is 10.0. The van der Waals surface area contributed by atoms with Gasteiger partial charge in [-0.15, -0.1) is 0 Å². The number of amides is 1. The molecule has 0 saturated heterocycles. The molecular weight excluding hydrogens is 497 g/mol. The molecule has 186 valence electrons. The van der Waals surface area contributed by atoms with Crippen molar-refractivity contribution in [1.82, 2.24) is 14.8 Å². The lowest BCUT2D eigenvalue weighted by Crippen LogP contribution is -2.25. The molecule has 1 amide bonds. The van der Waals surface area contributed by atoms with Crippen molar-refractivity contribution in [1.29, 1.82) is 0 Å². The highest BCUT2D eigenvalue weighted by molar-refractivity contribution is 7.91. The summed E-state index contributed by atoms with van der Waals surface area (Å²) in [5, 5.41) is 4.41. The van der Waals surface area contributed by atoms with Crippen LogP contribution in [0.15, 0.2) is 72.0 Å². The zero-order valence-electron chi connectivity index (χ0n) is 18.7. The molecule has 12 heteroatoms. The van der Waals surface area contributed by atoms with Crippen molar-refractivity contribution in [3.63, 3.8) is 0 Å². The minimum atomic E-state index is -5.00. The van der Waals surface area contributed by atoms with Gasteiger partial charge in [0.1, 0.15) is 28.0 Å². The second-order valence-electron chi connectivity index (χ2n) is 7.58. The topological polar surface area (TPSA) is 117 Å². The van der Waals surface area contributed by atoms with E-state index >= 15 is 4.39 Å². The van der Waals surface area contributed by atoms with Gasteiger partial charge in [-0.3, -0.25) is 9.67 Å². The summed E-state index contributed by atoms with van der Waals surface area (Å²) < 4.78 is 76.9. The Kier molecular flexibility index (Phi) is 6.80. The Morgan fingerprint density at radius 1 is 1.08 bits per heavy atom. The Bertz CT molecular complexity index is 1540. The van der Waals surface area contributed by atoms with E-state index in [9.17, 15) is 22.0 Å². The van der Waals surface area contributed by atoms with Crippen LogP contribution in [0.5, 0.6) is 0 Å². The molecule has 0 aliphatic carbocycles. The van der Waals surface area contributed by atoms with Gasteiger partial charge in [0.25, 0.3) is 0 Å². The molecule has 0 aliphatic heterocycles. The number of primary amides is 1. The standard InChI is InChI=1S/C24H19F3N4O4S/c1-2-31-13-18(14-8-10-29-11-9-14)22(30-31)16-4-3-5-17(21(16)27)23(35-24(28)32)36(33,34)20-12-15(25)6-7-19(20)26/h3-13,23H,2H2,1H3,(H2,28,32). The molecule has 1 atom stereocenters. The zero-order valence-corrected chi connectivity index (χ0v) is 19.5. The number of nitrogens with zero attached hydrogens (tertiary/aromatic N) is 3. The first-order valence-electron chi connectivity index (χ1n) is 10.5. The van der Waals surface area contributed by atoms with Crippen LogP contribution in [0.25, 0.3) is 22.4 Å². The molecule has 0 fully saturated rings. The average molecular weight is 517 g/mol. The van der Waals surface area contributed by atoms with E-state index in [2.05, 4.69) is 10.1 Å². The van der Waals surface area contributed by atoms with Crippen molar-refractivity contribution < 1.29 is 31.1 Å². The Morgan fingerprint density at radius 2 is 1.81 bits per heavy atom. The second kappa shape index (κ2) is 9.82. The first-order chi connectivity index (χ1) is 17.1. The molecule has 2 aromatic heterocycles. The Morgan fingerprint density at radius 3 is 2.47 bits per heavy atom. The molecule has 0 bridgehead atoms. The maximum absolute atomic E-state index is 16.0. The fourth-order valence-electron chi connectivity index (χ4n) is 3.65. The van der Waals surface area contributed by atoms with Crippen LogP contribution in [0.4, 0.5) is 18.0 Å². The van der Waals surface area contributed by atoms with E-state index in [-0.39, 0.29) is 11.3 Å². The molecule has 0 saturated carbocycles. The van der Waals surface area contributed by atoms with Gasteiger partial charge in [0.15, 0.2) is 0 Å². The van der Waals surface area contributed by atoms with Crippen LogP contribution in [0.3, 0.4) is 0 Å². The van der Waals surface area contributed by atoms with Crippen LogP contribution < -0.4 is 5.73 Å². The number of aromatic nitrogens is 3. The monoisotopic (exact) mass is 516 g/mol. The van der Waals surface area contributed by atoms with Crippen LogP contribution in [-0.4, -0.2) is 29.3 Å². The minimum Gasteiger partial charge on any atom is -0.424 e. The number of hydrogen-bond donors (Lipinski definition) is 1. The molecule has 0 aliphatic rings. The smallest absolute Gasteiger partial charge is 0.406 e. The van der Waals surface area contributed by atoms with Gasteiger partial charge in [-0.1, -0.05) is 12.1 Å². The van der Waals surface area contributed by atoms with Crippen molar-refractivity contribution in [2.45, 2.75) is 23.8 Å². The largest absolute Gasteiger partial charge is 0.424 e. The van der Waals surface area contributed by atoms with E-state index in [4.69, 9.17) is 10.5 Å². The summed E-state index contributed by atoms with van der Waals surface area (Å²) in [5.41, 5.74) is 3.28. The quantitative estimate of drug-likeness (QED) is 0.383. The number of aryl methyl sites for hydroxylation is 1. The van der Waals surface area contributed by atoms with E-state index in [0.29, 0.717) is 35.9 Å². The summed E-state index contributed by atoms with van der Waals surface area (Å²) in [7, 11) is -5.00. The zero-order chi connectivity index (χ0) is 26.0. The van der Waals surface area contributed by atoms with Gasteiger partial charge in [0.05, 0.1) is 0 Å². The molecule has 8 nitrogen and oxygen atoms in total. The van der Waals surface area contributed by atoms with Crippen molar-refractivity contribution in [2.75, 3.05) is 0 Å². The van der Waals surface area contributed by atoms with E-state index in [1.165, 1.54) is 12.1 Å². The molecule has 2 N–H and O–H groups in total. The lowest BCUT2D eigenvalue weighted by Gasteiger charge is -2.19. The fraction of sp³-hybridized carbons (Fsp3) is 0.125. The predicted octanol–water partition coefficient (Wildman–Crippen LogP) is 4.62. The summed E-state index contributed by atoms with van der Waals surface area (Å²) in [4.78, 5) is 14.4. The Hall–Kier alpha value is -4.19. The lowest BCUT2D eigenvalue weighted by molar-refractivity contribution is 0.140. The van der Waals surface area contributed by atoms with Gasteiger partial charge in [-0.2, -0.15) is 5.10 Å². The third-order valence-corrected chi connectivity index (χ3v) is 7.16. The van der Waals surface area contributed by atoms with E-state index in [1.807, 2.05) is 6.92 Å². The summed E-state index contributed by atoms with van der Waals surface area (Å²) in [6, 6.07) is 8.83. The minimum absolute atomic E-state index is 0.112. The van der Waals surface area contributed by atoms with E-state index in [0.717, 1.165) is 6.07 Å². The molecule has 1 unspecified atom stereocenters. The highest BCUT2D eigenvalue weighted by Gasteiger charge is 2.37. The number of nitrogens with two attached hydrogens (primary N) is 1. The van der Waals surface area contributed by atoms with Crippen molar-refractivity contribution in [3.8, 4) is 22.4 Å². The highest BCUT2D eigenvalue weighted by atomic mass is 32.2. The summed E-state index contributed by atoms with van der Waals surface area (Å²) >= 11 is 0. The van der Waals surface area contributed by atoms with Crippen LogP contribution in [-0.2, 0) is 21.1 Å². The summed E-state index contributed by atoms with van der Waals surface area (Å²) in [6.45, 7) is 2.29. The van der Waals surface area contributed by atoms with E-state index < -0.39 is 49.3 Å². The number of pyridine rings is 1. The third kappa shape index (κ3) is 4.67. The number of hydrogen-bond acceptors (Lipinski definition) is 6. The van der Waals surface area contributed by atoms with Crippen LogP contribution in [0.1, 0.15) is 17.9 Å². The molecule has 0 radical (unpaired) electrons. The van der Waals surface area contributed by atoms with Gasteiger partial charge in [0, 0.05) is 41.8 Å². The second-order valence-corrected chi connectivity index (χ2v) is 9.54. The number of sulfone groups is 1. The molecule has 2 aromatic carbocycles. The molecule has 4 aromatic rings. The van der Waals surface area contributed by atoms with Crippen LogP contribution in [0.2, 0.25) is 0 Å². The van der Waals surface area contributed by atoms with Gasteiger partial charge in [-0.05, 0) is 48.9 Å². The average Bonchev–Trinajstić information content (AvgIpc) is 3.29. The predicted molar refractivity (Wildman–Crippen MR) is 123 cm³/mol. The van der Waals surface area contributed by atoms with Crippen molar-refractivity contribution in [2.24, 2.45) is 5.73 Å². The summed E-state index contributed by atoms with van der Waals surface area (Å²) in [5.74, 6) is -3.47. The normalized spacial score (nSPS) is 12.3. The van der Waals surface area contributed by atoms with Crippen LogP contribution >= 0.6 is 0 Å². The number of rotatable bonds is 7. The van der Waals surface area contributed by atoms with Gasteiger partial charge in [-0.25, -0.2) is 26.4 Å². The summed E-state index contributed by atoms with van der Waals surface area (Å²) in [6.07, 6.45) is 3.23. The molecular formula is C24H19F3N4O4S. The number of ether oxygens (including phenoxy) is 1. The number of halogens is 3. The molecule has 0 spiro atoms. The molecule has 4 rings (SSSR count). The maximum atomic E-state index is 16.0. The fourth-order valence-corrected chi connectivity index (χ4v) is 5.23. The van der Waals surface area contributed by atoms with Crippen LogP contribution in [0, 0.1) is 17.5 Å². The Balaban J connectivity index is 1.92. The first kappa shape index (κ1) is 24.9. The SMILES string of the molecule is CCn1cc(-c2ccncc2)c(-c2cccc(C(OC(N)=O)S(=O)(=O)c3cc(F)ccc3F)c2F)n1. The van der Waals surface area contributed by atoms with Gasteiger partial charge in [0.2, 0.25) is 15.3 Å². The number of benzene rings is 2. The van der Waals surface area contributed by atoms with Crippen molar-refractivity contribution >= 4 is 15.9 Å². The maximum Gasteiger partial charge on any atom is 0.406 e. The number of carbonyl (C=O) groups excluding carboxylic acids is 1. The van der Waals surface area contributed by atoms with Gasteiger partial charge >= 0.3 is 6.09 Å². The van der Waals surface area contributed by atoms with Gasteiger partial charge < -0.3 is 10.5 Å². The molecule has 36 heavy (non-hydrogen) atoms.